The Bertz CT molecular complexity index is 487. The predicted octanol–water partition coefficient (Wildman–Crippen LogP) is 1.33. The summed E-state index contributed by atoms with van der Waals surface area (Å²) in [5, 5.41) is 7.52. The summed E-state index contributed by atoms with van der Waals surface area (Å²) in [6.45, 7) is 3.18. The molecule has 1 fully saturated rings. The minimum atomic E-state index is -0.265. The molecule has 1 aliphatic heterocycles. The third-order valence-corrected chi connectivity index (χ3v) is 4.00. The van der Waals surface area contributed by atoms with Gasteiger partial charge in [-0.05, 0) is 26.8 Å². The maximum atomic E-state index is 11.7. The highest BCUT2D eigenvalue weighted by molar-refractivity contribution is 6.32. The molecular weight excluding hydrogens is 252 g/mol. The zero-order chi connectivity index (χ0) is 13.3. The third-order valence-electron chi connectivity index (χ3n) is 3.63. The second-order valence-electron chi connectivity index (χ2n) is 5.01. The van der Waals surface area contributed by atoms with Crippen LogP contribution in [-0.4, -0.2) is 40.4 Å². The first kappa shape index (κ1) is 13.4. The highest BCUT2D eigenvalue weighted by Gasteiger charge is 2.23. The number of nitrogens with one attached hydrogen (secondary N) is 1. The van der Waals surface area contributed by atoms with Crippen molar-refractivity contribution >= 4 is 17.3 Å². The predicted molar refractivity (Wildman–Crippen MR) is 73.2 cm³/mol. The first-order chi connectivity index (χ1) is 8.49. The maximum Gasteiger partial charge on any atom is 0.287 e. The van der Waals surface area contributed by atoms with Gasteiger partial charge in [-0.2, -0.15) is 5.10 Å². The summed E-state index contributed by atoms with van der Waals surface area (Å²) < 4.78 is 1.24. The molecule has 0 bridgehead atoms. The molecule has 0 aromatic carbocycles. The lowest BCUT2D eigenvalue weighted by Gasteiger charge is -2.36. The zero-order valence-electron chi connectivity index (χ0n) is 11.0. The van der Waals surface area contributed by atoms with Crippen LogP contribution in [0.15, 0.2) is 11.0 Å². The van der Waals surface area contributed by atoms with Crippen LogP contribution in [0, 0.1) is 0 Å². The summed E-state index contributed by atoms with van der Waals surface area (Å²) in [4.78, 5) is 14.0. The standard InChI is InChI=1S/C12H19ClN4O/c1-8-4-5-9(7-16(8)2)15-10-6-14-17(3)12(18)11(10)13/h6,8-9,15H,4-5,7H2,1-3H3/t8-,9?/m0/s1. The molecule has 100 valence electrons. The van der Waals surface area contributed by atoms with Gasteiger partial charge in [0.2, 0.25) is 0 Å². The third kappa shape index (κ3) is 2.67. The number of piperidine rings is 1. The second-order valence-corrected chi connectivity index (χ2v) is 5.39. The molecule has 0 saturated carbocycles. The van der Waals surface area contributed by atoms with Gasteiger partial charge in [-0.15, -0.1) is 0 Å². The van der Waals surface area contributed by atoms with Crippen molar-refractivity contribution in [1.29, 1.82) is 0 Å². The van der Waals surface area contributed by atoms with Gasteiger partial charge in [0, 0.05) is 25.7 Å². The average molecular weight is 271 g/mol. The highest BCUT2D eigenvalue weighted by atomic mass is 35.5. The first-order valence-corrected chi connectivity index (χ1v) is 6.55. The summed E-state index contributed by atoms with van der Waals surface area (Å²) in [5.74, 6) is 0. The molecule has 1 N–H and O–H groups in total. The number of likely N-dealkylation sites (tertiary alicyclic amines) is 1. The average Bonchev–Trinajstić information content (AvgIpc) is 2.34. The molecule has 0 spiro atoms. The Hall–Kier alpha value is -1.07. The van der Waals surface area contributed by atoms with Crippen LogP contribution in [0.2, 0.25) is 5.02 Å². The number of aryl methyl sites for hydroxylation is 1. The van der Waals surface area contributed by atoms with Crippen LogP contribution in [0.1, 0.15) is 19.8 Å². The Morgan fingerprint density at radius 3 is 2.83 bits per heavy atom. The lowest BCUT2D eigenvalue weighted by atomic mass is 10.00. The van der Waals surface area contributed by atoms with Crippen molar-refractivity contribution in [2.75, 3.05) is 18.9 Å². The Morgan fingerprint density at radius 1 is 1.44 bits per heavy atom. The molecule has 1 aromatic heterocycles. The van der Waals surface area contributed by atoms with E-state index in [1.165, 1.54) is 4.68 Å². The minimum Gasteiger partial charge on any atom is -0.378 e. The zero-order valence-corrected chi connectivity index (χ0v) is 11.7. The van der Waals surface area contributed by atoms with Crippen molar-refractivity contribution in [2.24, 2.45) is 7.05 Å². The monoisotopic (exact) mass is 270 g/mol. The van der Waals surface area contributed by atoms with Gasteiger partial charge in [0.25, 0.3) is 5.56 Å². The van der Waals surface area contributed by atoms with Crippen LogP contribution >= 0.6 is 11.6 Å². The molecule has 5 nitrogen and oxygen atoms in total. The van der Waals surface area contributed by atoms with E-state index in [1.54, 1.807) is 13.2 Å². The van der Waals surface area contributed by atoms with Crippen molar-refractivity contribution in [2.45, 2.75) is 31.8 Å². The molecule has 1 unspecified atom stereocenters. The van der Waals surface area contributed by atoms with E-state index < -0.39 is 0 Å². The van der Waals surface area contributed by atoms with Gasteiger partial charge in [0.05, 0.1) is 11.9 Å². The van der Waals surface area contributed by atoms with Crippen LogP contribution in [0.4, 0.5) is 5.69 Å². The molecule has 2 atom stereocenters. The van der Waals surface area contributed by atoms with E-state index in [0.717, 1.165) is 19.4 Å². The summed E-state index contributed by atoms with van der Waals surface area (Å²) in [5.41, 5.74) is 0.368. The lowest BCUT2D eigenvalue weighted by molar-refractivity contribution is 0.188. The molecule has 2 heterocycles. The molecule has 6 heteroatoms. The van der Waals surface area contributed by atoms with Crippen LogP contribution in [0.5, 0.6) is 0 Å². The summed E-state index contributed by atoms with van der Waals surface area (Å²) in [6.07, 6.45) is 3.84. The molecule has 18 heavy (non-hydrogen) atoms. The number of halogens is 1. The number of anilines is 1. The lowest BCUT2D eigenvalue weighted by Crippen LogP contribution is -2.44. The molecule has 1 saturated heterocycles. The van der Waals surface area contributed by atoms with E-state index in [4.69, 9.17) is 11.6 Å². The molecule has 1 aromatic rings. The number of likely N-dealkylation sites (N-methyl/N-ethyl adjacent to an activating group) is 1. The van der Waals surface area contributed by atoms with Crippen LogP contribution in [-0.2, 0) is 7.05 Å². The largest absolute Gasteiger partial charge is 0.378 e. The number of hydrogen-bond donors (Lipinski definition) is 1. The normalized spacial score (nSPS) is 25.1. The number of aromatic nitrogens is 2. The van der Waals surface area contributed by atoms with Crippen molar-refractivity contribution in [3.8, 4) is 0 Å². The Kier molecular flexibility index (Phi) is 3.92. The van der Waals surface area contributed by atoms with Gasteiger partial charge in [0.1, 0.15) is 5.02 Å². The fraction of sp³-hybridized carbons (Fsp3) is 0.667. The van der Waals surface area contributed by atoms with Gasteiger partial charge in [-0.25, -0.2) is 4.68 Å². The van der Waals surface area contributed by atoms with Crippen molar-refractivity contribution < 1.29 is 0 Å². The number of rotatable bonds is 2. The van der Waals surface area contributed by atoms with Crippen molar-refractivity contribution in [3.63, 3.8) is 0 Å². The topological polar surface area (TPSA) is 50.2 Å². The fourth-order valence-electron chi connectivity index (χ4n) is 2.23. The van der Waals surface area contributed by atoms with E-state index >= 15 is 0 Å². The molecule has 0 aliphatic carbocycles. The van der Waals surface area contributed by atoms with Gasteiger partial charge in [-0.1, -0.05) is 11.6 Å². The molecule has 2 rings (SSSR count). The van der Waals surface area contributed by atoms with Crippen molar-refractivity contribution in [1.82, 2.24) is 14.7 Å². The fourth-order valence-corrected chi connectivity index (χ4v) is 2.46. The summed E-state index contributed by atoms with van der Waals surface area (Å²) in [7, 11) is 3.70. The van der Waals surface area contributed by atoms with E-state index in [9.17, 15) is 4.79 Å². The Balaban J connectivity index is 2.11. The van der Waals surface area contributed by atoms with E-state index in [-0.39, 0.29) is 10.6 Å². The van der Waals surface area contributed by atoms with Gasteiger partial charge in [-0.3, -0.25) is 4.79 Å². The quantitative estimate of drug-likeness (QED) is 0.881. The first-order valence-electron chi connectivity index (χ1n) is 6.17. The van der Waals surface area contributed by atoms with Gasteiger partial charge >= 0.3 is 0 Å². The maximum absolute atomic E-state index is 11.7. The Morgan fingerprint density at radius 2 is 2.17 bits per heavy atom. The smallest absolute Gasteiger partial charge is 0.287 e. The number of hydrogen-bond acceptors (Lipinski definition) is 4. The van der Waals surface area contributed by atoms with E-state index in [2.05, 4.69) is 29.3 Å². The second kappa shape index (κ2) is 5.28. The molecule has 0 radical (unpaired) electrons. The van der Waals surface area contributed by atoms with Crippen LogP contribution < -0.4 is 10.9 Å². The van der Waals surface area contributed by atoms with Gasteiger partial charge < -0.3 is 10.2 Å². The summed E-state index contributed by atoms with van der Waals surface area (Å²) >= 11 is 6.03. The van der Waals surface area contributed by atoms with Crippen LogP contribution in [0.25, 0.3) is 0 Å². The molecule has 0 amide bonds. The SMILES string of the molecule is C[C@H]1CCC(Nc2cnn(C)c(=O)c2Cl)CN1C. The minimum absolute atomic E-state index is 0.216. The van der Waals surface area contributed by atoms with Crippen molar-refractivity contribution in [3.05, 3.63) is 21.6 Å². The molecule has 1 aliphatic rings. The van der Waals surface area contributed by atoms with Gasteiger partial charge in [0.15, 0.2) is 0 Å². The van der Waals surface area contributed by atoms with E-state index in [0.29, 0.717) is 17.8 Å². The highest BCUT2D eigenvalue weighted by Crippen LogP contribution is 2.21. The van der Waals surface area contributed by atoms with Crippen LogP contribution in [0.3, 0.4) is 0 Å². The van der Waals surface area contributed by atoms with E-state index in [1.807, 2.05) is 0 Å². The molecular formula is C12H19ClN4O. The number of nitrogens with zero attached hydrogens (tertiary/aromatic N) is 3. The summed E-state index contributed by atoms with van der Waals surface area (Å²) in [6, 6.07) is 0.929. The Labute approximate surface area is 112 Å².